The van der Waals surface area contributed by atoms with Crippen LogP contribution in [0.25, 0.3) is 11.1 Å². The minimum absolute atomic E-state index is 0.204. The summed E-state index contributed by atoms with van der Waals surface area (Å²) in [6, 6.07) is 9.33. The Hall–Kier alpha value is -3.72. The van der Waals surface area contributed by atoms with Crippen LogP contribution in [0.1, 0.15) is 71.2 Å². The van der Waals surface area contributed by atoms with Crippen molar-refractivity contribution in [3.8, 4) is 16.8 Å². The normalized spacial score (nSPS) is 16.3. The van der Waals surface area contributed by atoms with E-state index in [1.165, 1.54) is 21.8 Å². The molecule has 44 heavy (non-hydrogen) atoms. The van der Waals surface area contributed by atoms with Crippen LogP contribution in [-0.4, -0.2) is 28.8 Å². The number of methoxy groups -OCH3 is 1. The Morgan fingerprint density at radius 2 is 1.98 bits per heavy atom. The van der Waals surface area contributed by atoms with E-state index in [2.05, 4.69) is 32.6 Å². The molecule has 6 rings (SSSR count). The fraction of sp³-hybridized carbons (Fsp3) is 0.333. The Balaban J connectivity index is 1.51. The number of aryl methyl sites for hydroxylation is 2. The number of hydrogen-bond acceptors (Lipinski definition) is 8. The average molecular weight is 692 g/mol. The van der Waals surface area contributed by atoms with Crippen LogP contribution in [-0.2, 0) is 22.4 Å². The number of hydrogen-bond donors (Lipinski definition) is 0. The molecule has 2 aliphatic rings. The predicted molar refractivity (Wildman–Crippen MR) is 176 cm³/mol. The van der Waals surface area contributed by atoms with Crippen LogP contribution in [0.3, 0.4) is 0 Å². The zero-order valence-corrected chi connectivity index (χ0v) is 28.3. The molecule has 0 N–H and O–H groups in total. The largest absolute Gasteiger partial charge is 0.496 e. The fourth-order valence-electron chi connectivity index (χ4n) is 6.17. The van der Waals surface area contributed by atoms with Crippen molar-refractivity contribution in [2.75, 3.05) is 13.7 Å². The monoisotopic (exact) mass is 690 g/mol. The van der Waals surface area contributed by atoms with Crippen molar-refractivity contribution < 1.29 is 14.3 Å². The van der Waals surface area contributed by atoms with Crippen molar-refractivity contribution in [3.63, 3.8) is 0 Å². The Labute approximate surface area is 271 Å². The summed E-state index contributed by atoms with van der Waals surface area (Å²) in [6.45, 7) is 7.79. The number of carbonyl (C=O) groups is 1. The van der Waals surface area contributed by atoms with Gasteiger partial charge in [0.05, 0.1) is 45.6 Å². The minimum Gasteiger partial charge on any atom is -0.496 e. The van der Waals surface area contributed by atoms with Gasteiger partial charge in [0.1, 0.15) is 16.8 Å². The third kappa shape index (κ3) is 4.99. The summed E-state index contributed by atoms with van der Waals surface area (Å²) in [5.41, 5.74) is 6.14. The highest BCUT2D eigenvalue weighted by atomic mass is 79.9. The molecule has 1 aliphatic carbocycles. The molecule has 1 atom stereocenters. The number of allylic oxidation sites excluding steroid dienone is 1. The van der Waals surface area contributed by atoms with Gasteiger partial charge in [-0.25, -0.2) is 9.79 Å². The van der Waals surface area contributed by atoms with E-state index in [4.69, 9.17) is 14.5 Å². The first-order valence-electron chi connectivity index (χ1n) is 14.5. The van der Waals surface area contributed by atoms with Gasteiger partial charge in [-0.05, 0) is 110 Å². The van der Waals surface area contributed by atoms with Gasteiger partial charge in [0, 0.05) is 16.3 Å². The lowest BCUT2D eigenvalue weighted by Crippen LogP contribution is -2.40. The maximum Gasteiger partial charge on any atom is 0.338 e. The molecular weight excluding hydrogens is 660 g/mol. The topological polar surface area (TPSA) is 98.6 Å². The first-order chi connectivity index (χ1) is 21.2. The molecule has 0 spiro atoms. The summed E-state index contributed by atoms with van der Waals surface area (Å²) in [4.78, 5) is 33.9. The Kier molecular flexibility index (Phi) is 8.26. The minimum atomic E-state index is -0.724. The van der Waals surface area contributed by atoms with Gasteiger partial charge in [-0.15, -0.1) is 11.3 Å². The number of benzene rings is 1. The highest BCUT2D eigenvalue weighted by molar-refractivity contribution is 9.10. The highest BCUT2D eigenvalue weighted by Crippen LogP contribution is 2.39. The van der Waals surface area contributed by atoms with Gasteiger partial charge < -0.3 is 14.0 Å². The molecule has 0 unspecified atom stereocenters. The quantitative estimate of drug-likeness (QED) is 0.239. The van der Waals surface area contributed by atoms with Crippen LogP contribution in [0.2, 0.25) is 0 Å². The predicted octanol–water partition coefficient (Wildman–Crippen LogP) is 5.79. The smallest absolute Gasteiger partial charge is 0.338 e. The molecule has 8 nitrogen and oxygen atoms in total. The van der Waals surface area contributed by atoms with Gasteiger partial charge in [-0.3, -0.25) is 9.36 Å². The number of thiophene rings is 1. The third-order valence-electron chi connectivity index (χ3n) is 8.23. The van der Waals surface area contributed by atoms with Gasteiger partial charge >= 0.3 is 5.97 Å². The average Bonchev–Trinajstić information content (AvgIpc) is 3.61. The van der Waals surface area contributed by atoms with Crippen molar-refractivity contribution in [3.05, 3.63) is 98.2 Å². The number of fused-ring (bicyclic) bond motifs is 2. The second-order valence-electron chi connectivity index (χ2n) is 10.9. The van der Waals surface area contributed by atoms with E-state index in [9.17, 15) is 14.9 Å². The van der Waals surface area contributed by atoms with Crippen molar-refractivity contribution in [1.82, 2.24) is 9.13 Å². The molecule has 0 saturated carbocycles. The molecule has 0 saturated heterocycles. The zero-order valence-electron chi connectivity index (χ0n) is 25.1. The van der Waals surface area contributed by atoms with E-state index in [1.807, 2.05) is 32.1 Å². The number of nitrogens with zero attached hydrogens (tertiary/aromatic N) is 4. The van der Waals surface area contributed by atoms with Gasteiger partial charge in [0.2, 0.25) is 0 Å². The lowest BCUT2D eigenvalue weighted by Gasteiger charge is -2.25. The number of esters is 1. The number of halogens is 1. The van der Waals surface area contributed by atoms with Crippen LogP contribution in [0.15, 0.2) is 49.8 Å². The second kappa shape index (κ2) is 12.0. The number of nitriles is 1. The molecule has 0 amide bonds. The van der Waals surface area contributed by atoms with Gasteiger partial charge in [0.25, 0.3) is 5.56 Å². The van der Waals surface area contributed by atoms with Crippen LogP contribution in [0, 0.1) is 25.2 Å². The van der Waals surface area contributed by atoms with E-state index in [-0.39, 0.29) is 12.2 Å². The van der Waals surface area contributed by atoms with E-state index < -0.39 is 12.0 Å². The Morgan fingerprint density at radius 1 is 1.20 bits per heavy atom. The van der Waals surface area contributed by atoms with Gasteiger partial charge in [-0.1, -0.05) is 17.4 Å². The number of carbonyl (C=O) groups excluding carboxylic acids is 1. The number of ether oxygens (including phenoxy) is 2. The van der Waals surface area contributed by atoms with Crippen LogP contribution >= 0.6 is 38.6 Å². The molecule has 0 bridgehead atoms. The second-order valence-corrected chi connectivity index (χ2v) is 13.8. The first-order valence-corrected chi connectivity index (χ1v) is 16.9. The molecule has 226 valence electrons. The van der Waals surface area contributed by atoms with E-state index in [0.717, 1.165) is 58.8 Å². The Morgan fingerprint density at radius 3 is 2.68 bits per heavy atom. The highest BCUT2D eigenvalue weighted by Gasteiger charge is 2.34. The van der Waals surface area contributed by atoms with Crippen molar-refractivity contribution in [2.24, 2.45) is 4.99 Å². The number of rotatable bonds is 6. The number of thiazole rings is 1. The molecule has 0 radical (unpaired) electrons. The molecule has 3 aromatic heterocycles. The lowest BCUT2D eigenvalue weighted by atomic mass is 9.96. The SMILES string of the molecule is CCOC(=O)C1=C(C)N=c2s/c(=C/c3cc(C)n(-c4sc5c(c4C#N)CCCC5)c3C)c(=O)n2[C@@H]1c1ccc(OC)c(Br)c1. The van der Waals surface area contributed by atoms with Gasteiger partial charge in [-0.2, -0.15) is 5.26 Å². The summed E-state index contributed by atoms with van der Waals surface area (Å²) < 4.78 is 15.8. The van der Waals surface area contributed by atoms with E-state index in [0.29, 0.717) is 30.8 Å². The molecule has 4 aromatic rings. The summed E-state index contributed by atoms with van der Waals surface area (Å²) in [6.07, 6.45) is 6.12. The van der Waals surface area contributed by atoms with Crippen molar-refractivity contribution >= 4 is 50.6 Å². The van der Waals surface area contributed by atoms with Crippen LogP contribution in [0.5, 0.6) is 5.75 Å². The first kappa shape index (κ1) is 30.3. The van der Waals surface area contributed by atoms with Crippen molar-refractivity contribution in [2.45, 2.75) is 59.4 Å². The van der Waals surface area contributed by atoms with Crippen LogP contribution < -0.4 is 19.6 Å². The lowest BCUT2D eigenvalue weighted by molar-refractivity contribution is -0.139. The summed E-state index contributed by atoms with van der Waals surface area (Å²) >= 11 is 6.56. The maximum absolute atomic E-state index is 14.2. The standard InChI is InChI=1S/C33H31BrN4O4S2/c1-6-42-32(40)28-18(3)36-33-38(29(28)20-11-12-25(41-5)24(34)14-20)30(39)27(44-33)15-21-13-17(2)37(19(21)4)31-23(16-35)22-9-7-8-10-26(22)43-31/h11-15,29H,6-10H2,1-5H3/b27-15+/t29-/m1/s1. The molecule has 0 fully saturated rings. The molecule has 1 aliphatic heterocycles. The van der Waals surface area contributed by atoms with Gasteiger partial charge in [0.15, 0.2) is 4.80 Å². The Bertz CT molecular complexity index is 2090. The van der Waals surface area contributed by atoms with Crippen LogP contribution in [0.4, 0.5) is 0 Å². The third-order valence-corrected chi connectivity index (χ3v) is 11.1. The van der Waals surface area contributed by atoms with E-state index >= 15 is 0 Å². The molecule has 1 aromatic carbocycles. The maximum atomic E-state index is 14.2. The zero-order chi connectivity index (χ0) is 31.3. The molecular formula is C33H31BrN4O4S2. The summed E-state index contributed by atoms with van der Waals surface area (Å²) in [5.74, 6) is 0.136. The van der Waals surface area contributed by atoms with Crippen molar-refractivity contribution in [1.29, 1.82) is 5.26 Å². The fourth-order valence-corrected chi connectivity index (χ4v) is 9.22. The molecule has 4 heterocycles. The summed E-state index contributed by atoms with van der Waals surface area (Å²) in [5, 5.41) is 11.0. The van der Waals surface area contributed by atoms with E-state index in [1.54, 1.807) is 42.9 Å². The molecule has 11 heteroatoms. The summed E-state index contributed by atoms with van der Waals surface area (Å²) in [7, 11) is 1.59. The number of aromatic nitrogens is 2.